The molecule has 8 aromatic rings. The van der Waals surface area contributed by atoms with Gasteiger partial charge >= 0.3 is 18.2 Å². The van der Waals surface area contributed by atoms with E-state index in [-0.39, 0.29) is 52.9 Å². The highest BCUT2D eigenvalue weighted by molar-refractivity contribution is 9.08. The number of carboxylic acid groups (broad SMARTS) is 1. The number of nitrogens with zero attached hydrogens (tertiary/aromatic N) is 1. The van der Waals surface area contributed by atoms with E-state index in [1.165, 1.54) is 50.1 Å². The molecule has 1 unspecified atom stereocenters. The van der Waals surface area contributed by atoms with Crippen LogP contribution in [0, 0.1) is 0 Å². The maximum absolute atomic E-state index is 11.9. The Hall–Kier alpha value is -8.08. The lowest BCUT2D eigenvalue weighted by Gasteiger charge is -2.20. The Morgan fingerprint density at radius 2 is 0.708 bits per heavy atom. The largest absolute Gasteiger partial charge is 0.480 e. The van der Waals surface area contributed by atoms with E-state index < -0.39 is 18.1 Å². The van der Waals surface area contributed by atoms with Crippen molar-refractivity contribution in [1.82, 2.24) is 10.6 Å². The molecule has 0 heterocycles. The van der Waals surface area contributed by atoms with E-state index in [2.05, 4.69) is 238 Å². The van der Waals surface area contributed by atoms with Gasteiger partial charge in [-0.3, -0.25) is 4.99 Å². The number of aliphatic carboxylic acids is 1. The number of benzene rings is 8. The summed E-state index contributed by atoms with van der Waals surface area (Å²) in [6, 6.07) is 73.1. The maximum atomic E-state index is 11.9. The lowest BCUT2D eigenvalue weighted by molar-refractivity contribution is -0.139. The van der Waals surface area contributed by atoms with Crippen molar-refractivity contribution in [1.29, 1.82) is 0 Å². The molecule has 0 aliphatic rings. The molecule has 0 aliphatic heterocycles. The van der Waals surface area contributed by atoms with Crippen molar-refractivity contribution in [3.05, 3.63) is 285 Å². The first-order valence-corrected chi connectivity index (χ1v) is 32.0. The smallest absolute Gasteiger partial charge is 0.408 e. The fourth-order valence-corrected chi connectivity index (χ4v) is 9.72. The summed E-state index contributed by atoms with van der Waals surface area (Å²) in [4.78, 5) is 40.3. The van der Waals surface area contributed by atoms with Crippen molar-refractivity contribution in [2.75, 3.05) is 0 Å². The van der Waals surface area contributed by atoms with Gasteiger partial charge in [-0.2, -0.15) is 0 Å². The van der Waals surface area contributed by atoms with Crippen molar-refractivity contribution in [3.8, 4) is 0 Å². The van der Waals surface area contributed by atoms with Gasteiger partial charge in [-0.25, -0.2) is 14.4 Å². The number of aliphatic imine (C=N–C) groups is 1. The first-order chi connectivity index (χ1) is 42.1. The minimum Gasteiger partial charge on any atom is -0.480 e. The van der Waals surface area contributed by atoms with Gasteiger partial charge in [0.05, 0.1) is 11.8 Å². The molecule has 8 aromatic carbocycles. The minimum atomic E-state index is -1.10. The van der Waals surface area contributed by atoms with E-state index in [1.807, 2.05) is 104 Å². The quantitative estimate of drug-likeness (QED) is 0.0616. The van der Waals surface area contributed by atoms with Gasteiger partial charge in [0, 0.05) is 28.9 Å². The molecule has 0 spiro atoms. The molecule has 2 amide bonds. The summed E-state index contributed by atoms with van der Waals surface area (Å²) in [5.41, 5.74) is 15.8. The van der Waals surface area contributed by atoms with E-state index in [0.717, 1.165) is 40.6 Å². The number of rotatable bonds is 17. The molecule has 0 aromatic heterocycles. The second-order valence-electron chi connectivity index (χ2n) is 26.8. The van der Waals surface area contributed by atoms with Crippen molar-refractivity contribution < 1.29 is 29.0 Å². The fourth-order valence-electron chi connectivity index (χ4n) is 9.34. The number of halogens is 1. The molecule has 3 N–H and O–H groups in total. The first-order valence-electron chi connectivity index (χ1n) is 30.9. The Kier molecular flexibility index (Phi) is 27.9. The Morgan fingerprint density at radius 1 is 0.404 bits per heavy atom. The van der Waals surface area contributed by atoms with Gasteiger partial charge in [0.1, 0.15) is 19.3 Å². The minimum absolute atomic E-state index is 0.0220. The highest BCUT2D eigenvalue weighted by atomic mass is 79.9. The number of carbonyl (C=O) groups excluding carboxylic acids is 2. The summed E-state index contributed by atoms with van der Waals surface area (Å²) in [6.07, 6.45) is 0.795. The molecule has 0 aliphatic carbocycles. The normalized spacial score (nSPS) is 12.3. The molecular weight excluding hydrogens is 1170 g/mol. The number of alkyl carbamates (subject to hydrolysis) is 2. The lowest BCUT2D eigenvalue weighted by Crippen LogP contribution is -2.42. The van der Waals surface area contributed by atoms with Gasteiger partial charge in [0.2, 0.25) is 0 Å². The predicted molar refractivity (Wildman–Crippen MR) is 373 cm³/mol. The van der Waals surface area contributed by atoms with Crippen molar-refractivity contribution in [3.63, 3.8) is 0 Å². The predicted octanol–water partition coefficient (Wildman–Crippen LogP) is 19.1. The summed E-state index contributed by atoms with van der Waals surface area (Å²) in [5.74, 6) is -1.10. The van der Waals surface area contributed by atoms with Crippen LogP contribution in [0.4, 0.5) is 9.59 Å². The molecule has 3 atom stereocenters. The van der Waals surface area contributed by atoms with Crippen LogP contribution in [0.5, 0.6) is 0 Å². The van der Waals surface area contributed by atoms with Gasteiger partial charge in [0.25, 0.3) is 0 Å². The Bertz CT molecular complexity index is 3340. The van der Waals surface area contributed by atoms with Crippen LogP contribution in [0.3, 0.4) is 0 Å². The molecule has 9 nitrogen and oxygen atoms in total. The number of ether oxygens (including phenoxy) is 2. The van der Waals surface area contributed by atoms with Crippen LogP contribution in [0.1, 0.15) is 164 Å². The highest BCUT2D eigenvalue weighted by Gasteiger charge is 2.23. The summed E-state index contributed by atoms with van der Waals surface area (Å²) < 4.78 is 10.3. The number of hydrogen-bond donors (Lipinski definition) is 3. The molecule has 0 radical (unpaired) electrons. The van der Waals surface area contributed by atoms with Gasteiger partial charge < -0.3 is 25.2 Å². The molecule has 0 saturated heterocycles. The van der Waals surface area contributed by atoms with Gasteiger partial charge in [-0.15, -0.1) is 0 Å². The summed E-state index contributed by atoms with van der Waals surface area (Å²) >= 11 is 3.43. The topological polar surface area (TPSA) is 126 Å². The van der Waals surface area contributed by atoms with Crippen molar-refractivity contribution in [2.24, 2.45) is 4.99 Å². The zero-order chi connectivity index (χ0) is 65.2. The van der Waals surface area contributed by atoms with Gasteiger partial charge in [-0.1, -0.05) is 317 Å². The standard InChI is InChI=1S/C26H29N.C21H25NO4.C21H27NO2.C11H15Br/c1-20(19-21-15-17-24(18-16-21)26(2,3)4)27-25(22-11-7-5-8-12-22)23-13-9-6-10-14-23;1-21(2,3)17-11-9-15(10-12-17)13-18(19(23)24)22-20(25)26-14-16-7-5-4-6-8-16;1-16(14-17-10-12-19(13-11-17)21(2,3)4)22-20(23)24-15-18-8-6-5-7-9-18;1-11(2,3)10-6-4-9(8-12)5-7-10/h5-18,20H,19H2,1-4H3;4-12,18H,13-14H2,1-3H3,(H,22,25)(H,23,24);5-13,16H,14-15H2,1-4H3,(H,22,23);4-7H,8H2,1-3H3/t20-;;16-;/m0.0./s1. The SMILES string of the molecule is CC(C)(C)c1ccc(CBr)cc1.CC(C)(C)c1ccc(CC(NC(=O)OCc2ccccc2)C(=O)O)cc1.C[C@@H](Cc1ccc(C(C)(C)C)cc1)N=C(c1ccccc1)c1ccccc1.C[C@@H](Cc1ccc(C(C)(C)C)cc1)NC(=O)OCc1ccccc1. The Labute approximate surface area is 541 Å². The summed E-state index contributed by atoms with van der Waals surface area (Å²) in [5, 5.41) is 15.6. The van der Waals surface area contributed by atoms with Crippen LogP contribution < -0.4 is 10.6 Å². The molecule has 89 heavy (non-hydrogen) atoms. The second kappa shape index (κ2) is 34.6. The molecule has 0 fully saturated rings. The van der Waals surface area contributed by atoms with E-state index in [1.54, 1.807) is 0 Å². The Balaban J connectivity index is 0.000000223. The maximum Gasteiger partial charge on any atom is 0.408 e. The molecule has 470 valence electrons. The molecule has 8 rings (SSSR count). The molecular formula is C79H96BrN3O6. The fraction of sp³-hybridized carbons (Fsp3) is 0.342. The van der Waals surface area contributed by atoms with Crippen molar-refractivity contribution in [2.45, 2.75) is 175 Å². The van der Waals surface area contributed by atoms with Crippen LogP contribution in [-0.4, -0.2) is 47.1 Å². The van der Waals surface area contributed by atoms with Gasteiger partial charge in [-0.05, 0) is 104 Å². The van der Waals surface area contributed by atoms with E-state index in [0.29, 0.717) is 6.61 Å². The molecule has 10 heteroatoms. The number of carboxylic acids is 1. The number of hydrogen-bond acceptors (Lipinski definition) is 6. The molecule has 0 saturated carbocycles. The summed E-state index contributed by atoms with van der Waals surface area (Å²) in [6.45, 7) is 31.0. The third kappa shape index (κ3) is 26.3. The second-order valence-corrected chi connectivity index (χ2v) is 27.4. The third-order valence-corrected chi connectivity index (χ3v) is 15.4. The molecule has 0 bridgehead atoms. The van der Waals surface area contributed by atoms with E-state index >= 15 is 0 Å². The number of nitrogens with one attached hydrogen (secondary N) is 2. The lowest BCUT2D eigenvalue weighted by atomic mass is 9.86. The Morgan fingerprint density at radius 3 is 1.03 bits per heavy atom. The van der Waals surface area contributed by atoms with Crippen LogP contribution in [0.25, 0.3) is 0 Å². The first kappa shape index (κ1) is 71.7. The van der Waals surface area contributed by atoms with E-state index in [9.17, 15) is 19.5 Å². The zero-order valence-corrected chi connectivity index (χ0v) is 56.7. The van der Waals surface area contributed by atoms with E-state index in [4.69, 9.17) is 14.5 Å². The number of alkyl halides is 1. The van der Waals surface area contributed by atoms with Crippen LogP contribution in [0.2, 0.25) is 0 Å². The average molecular weight is 1260 g/mol. The van der Waals surface area contributed by atoms with Crippen LogP contribution >= 0.6 is 15.9 Å². The van der Waals surface area contributed by atoms with Crippen LogP contribution in [0.15, 0.2) is 223 Å². The number of carbonyl (C=O) groups is 3. The van der Waals surface area contributed by atoms with Crippen molar-refractivity contribution >= 4 is 39.8 Å². The van der Waals surface area contributed by atoms with Crippen LogP contribution in [-0.2, 0) is 73.7 Å². The monoisotopic (exact) mass is 1260 g/mol. The summed E-state index contributed by atoms with van der Waals surface area (Å²) in [7, 11) is 0. The zero-order valence-electron chi connectivity index (χ0n) is 55.1. The van der Waals surface area contributed by atoms with Gasteiger partial charge in [0.15, 0.2) is 0 Å². The average Bonchev–Trinajstić information content (AvgIpc) is 3.71. The number of amides is 2. The third-order valence-electron chi connectivity index (χ3n) is 14.8. The highest BCUT2D eigenvalue weighted by Crippen LogP contribution is 2.26.